The third-order valence-corrected chi connectivity index (χ3v) is 4.53. The minimum atomic E-state index is -0.382. The van der Waals surface area contributed by atoms with Crippen LogP contribution in [0.1, 0.15) is 23.7 Å². The summed E-state index contributed by atoms with van der Waals surface area (Å²) in [6.45, 7) is 8.05. The lowest BCUT2D eigenvalue weighted by molar-refractivity contribution is 0.0577. The third kappa shape index (κ3) is 4.60. The highest BCUT2D eigenvalue weighted by Gasteiger charge is 2.25. The molecule has 0 spiro atoms. The zero-order valence-corrected chi connectivity index (χ0v) is 14.5. The van der Waals surface area contributed by atoms with E-state index in [0.717, 1.165) is 37.2 Å². The summed E-state index contributed by atoms with van der Waals surface area (Å²) in [5, 5.41) is 0. The molecule has 2 aromatic rings. The normalized spacial score (nSPS) is 15.4. The average Bonchev–Trinajstić information content (AvgIpc) is 2.68. The van der Waals surface area contributed by atoms with E-state index < -0.39 is 0 Å². The molecule has 0 atom stereocenters. The number of amides is 1. The van der Waals surface area contributed by atoms with E-state index in [-0.39, 0.29) is 12.2 Å². The molecule has 0 unspecified atom stereocenters. The van der Waals surface area contributed by atoms with Crippen LogP contribution in [0.3, 0.4) is 0 Å². The van der Waals surface area contributed by atoms with Crippen LogP contribution in [0, 0.1) is 6.92 Å². The zero-order valence-electron chi connectivity index (χ0n) is 14.5. The molecule has 4 heteroatoms. The molecule has 3 rings (SSSR count). The maximum atomic E-state index is 12.7. The largest absolute Gasteiger partial charge is 0.436 e. The molecular weight excluding hydrogens is 312 g/mol. The molecule has 0 aliphatic carbocycles. The fraction of sp³-hybridized carbons (Fsp3) is 0.333. The Kier molecular flexibility index (Phi) is 6.07. The van der Waals surface area contributed by atoms with Crippen molar-refractivity contribution in [1.82, 2.24) is 9.80 Å². The zero-order chi connectivity index (χ0) is 17.5. The molecule has 0 aromatic heterocycles. The summed E-state index contributed by atoms with van der Waals surface area (Å²) in [4.78, 5) is 16.8. The number of ether oxygens (including phenoxy) is 1. The first-order chi connectivity index (χ1) is 12.3. The molecule has 0 N–H and O–H groups in total. The van der Waals surface area contributed by atoms with E-state index in [0.29, 0.717) is 13.1 Å². The van der Waals surface area contributed by atoms with E-state index in [9.17, 15) is 4.79 Å². The smallest absolute Gasteiger partial charge is 0.410 e. The van der Waals surface area contributed by atoms with Gasteiger partial charge in [-0.3, -0.25) is 4.90 Å². The molecule has 4 nitrogen and oxygen atoms in total. The number of nitrogens with zero attached hydrogens (tertiary/aromatic N) is 2. The topological polar surface area (TPSA) is 32.8 Å². The molecule has 1 radical (unpaired) electrons. The molecule has 25 heavy (non-hydrogen) atoms. The number of rotatable bonds is 5. The van der Waals surface area contributed by atoms with Crippen molar-refractivity contribution in [3.05, 3.63) is 78.7 Å². The molecule has 1 saturated heterocycles. The van der Waals surface area contributed by atoms with Crippen LogP contribution in [0.2, 0.25) is 0 Å². The minimum Gasteiger partial charge on any atom is -0.436 e. The van der Waals surface area contributed by atoms with Crippen LogP contribution in [-0.2, 0) is 4.74 Å². The van der Waals surface area contributed by atoms with Crippen LogP contribution in [0.4, 0.5) is 4.79 Å². The Hall–Kier alpha value is -2.33. The standard InChI is InChI=1S/C21H25N2O2/c1-2-13-22-14-16-23(17-15-22)21(24)25-20(18-9-5-3-6-10-18)19-11-7-4-8-12-19/h3-12,20H,1-2,13-17H2. The number of piperazine rings is 1. The summed E-state index contributed by atoms with van der Waals surface area (Å²) in [5.41, 5.74) is 1.97. The Bertz CT molecular complexity index is 613. The van der Waals surface area contributed by atoms with Gasteiger partial charge in [0, 0.05) is 26.2 Å². The fourth-order valence-corrected chi connectivity index (χ4v) is 3.14. The van der Waals surface area contributed by atoms with Crippen molar-refractivity contribution in [1.29, 1.82) is 0 Å². The van der Waals surface area contributed by atoms with Crippen LogP contribution < -0.4 is 0 Å². The summed E-state index contributed by atoms with van der Waals surface area (Å²) in [5.74, 6) is 0. The Morgan fingerprint density at radius 3 is 1.92 bits per heavy atom. The minimum absolute atomic E-state index is 0.244. The molecule has 1 amide bonds. The van der Waals surface area contributed by atoms with Crippen molar-refractivity contribution >= 4 is 6.09 Å². The molecule has 1 aliphatic rings. The highest BCUT2D eigenvalue weighted by Crippen LogP contribution is 2.26. The Balaban J connectivity index is 1.70. The highest BCUT2D eigenvalue weighted by molar-refractivity contribution is 5.68. The lowest BCUT2D eigenvalue weighted by atomic mass is 10.0. The van der Waals surface area contributed by atoms with E-state index >= 15 is 0 Å². The van der Waals surface area contributed by atoms with E-state index in [1.807, 2.05) is 60.7 Å². The van der Waals surface area contributed by atoms with Gasteiger partial charge in [-0.1, -0.05) is 67.6 Å². The predicted octanol–water partition coefficient (Wildman–Crippen LogP) is 3.75. The van der Waals surface area contributed by atoms with Gasteiger partial charge in [-0.2, -0.15) is 0 Å². The first kappa shape index (κ1) is 17.5. The van der Waals surface area contributed by atoms with Crippen LogP contribution in [0.15, 0.2) is 60.7 Å². The second-order valence-electron chi connectivity index (χ2n) is 6.27. The van der Waals surface area contributed by atoms with Crippen molar-refractivity contribution in [2.24, 2.45) is 0 Å². The van der Waals surface area contributed by atoms with Crippen molar-refractivity contribution in [3.8, 4) is 0 Å². The van der Waals surface area contributed by atoms with Crippen molar-refractivity contribution < 1.29 is 9.53 Å². The molecular formula is C21H25N2O2. The van der Waals surface area contributed by atoms with Crippen molar-refractivity contribution in [2.75, 3.05) is 32.7 Å². The first-order valence-corrected chi connectivity index (χ1v) is 8.85. The molecule has 0 saturated carbocycles. The van der Waals surface area contributed by atoms with Gasteiger partial charge in [0.2, 0.25) is 0 Å². The van der Waals surface area contributed by atoms with Gasteiger partial charge in [0.25, 0.3) is 0 Å². The van der Waals surface area contributed by atoms with Gasteiger partial charge < -0.3 is 9.64 Å². The second kappa shape index (κ2) is 8.67. The molecule has 1 heterocycles. The Labute approximate surface area is 150 Å². The quantitative estimate of drug-likeness (QED) is 0.833. The second-order valence-corrected chi connectivity index (χ2v) is 6.27. The molecule has 1 aliphatic heterocycles. The number of benzene rings is 2. The van der Waals surface area contributed by atoms with Gasteiger partial charge in [-0.05, 0) is 24.1 Å². The van der Waals surface area contributed by atoms with Crippen molar-refractivity contribution in [2.45, 2.75) is 12.5 Å². The monoisotopic (exact) mass is 337 g/mol. The van der Waals surface area contributed by atoms with Crippen molar-refractivity contribution in [3.63, 3.8) is 0 Å². The average molecular weight is 337 g/mol. The molecule has 1 fully saturated rings. The number of hydrogen-bond donors (Lipinski definition) is 0. The molecule has 0 bridgehead atoms. The summed E-state index contributed by atoms with van der Waals surface area (Å²) < 4.78 is 5.91. The maximum Gasteiger partial charge on any atom is 0.410 e. The lowest BCUT2D eigenvalue weighted by Crippen LogP contribution is -2.49. The van der Waals surface area contributed by atoms with Gasteiger partial charge in [0.1, 0.15) is 0 Å². The summed E-state index contributed by atoms with van der Waals surface area (Å²) in [6.07, 6.45) is 0.272. The highest BCUT2D eigenvalue weighted by atomic mass is 16.6. The fourth-order valence-electron chi connectivity index (χ4n) is 3.14. The summed E-state index contributed by atoms with van der Waals surface area (Å²) in [6, 6.07) is 19.8. The Morgan fingerprint density at radius 2 is 1.44 bits per heavy atom. The summed E-state index contributed by atoms with van der Waals surface area (Å²) >= 11 is 0. The molecule has 2 aromatic carbocycles. The van der Waals surface area contributed by atoms with Crippen LogP contribution in [0.25, 0.3) is 0 Å². The van der Waals surface area contributed by atoms with Gasteiger partial charge in [-0.15, -0.1) is 0 Å². The van der Waals surface area contributed by atoms with Crippen LogP contribution >= 0.6 is 0 Å². The number of carbonyl (C=O) groups is 1. The SMILES string of the molecule is [CH2]CCN1CCN(C(=O)OC(c2ccccc2)c2ccccc2)CC1. The lowest BCUT2D eigenvalue weighted by Gasteiger charge is -2.34. The third-order valence-electron chi connectivity index (χ3n) is 4.53. The van der Waals surface area contributed by atoms with E-state index in [1.165, 1.54) is 0 Å². The maximum absolute atomic E-state index is 12.7. The molecule has 131 valence electrons. The van der Waals surface area contributed by atoms with Gasteiger partial charge in [0.15, 0.2) is 6.10 Å². The summed E-state index contributed by atoms with van der Waals surface area (Å²) in [7, 11) is 0. The van der Waals surface area contributed by atoms with E-state index in [4.69, 9.17) is 4.74 Å². The first-order valence-electron chi connectivity index (χ1n) is 8.85. The van der Waals surface area contributed by atoms with Gasteiger partial charge in [0.05, 0.1) is 0 Å². The van der Waals surface area contributed by atoms with Gasteiger partial charge in [-0.25, -0.2) is 4.79 Å². The van der Waals surface area contributed by atoms with E-state index in [1.54, 1.807) is 4.90 Å². The number of carbonyl (C=O) groups excluding carboxylic acids is 1. The van der Waals surface area contributed by atoms with Crippen LogP contribution in [-0.4, -0.2) is 48.6 Å². The van der Waals surface area contributed by atoms with E-state index in [2.05, 4.69) is 11.8 Å². The Morgan fingerprint density at radius 1 is 0.920 bits per heavy atom. The van der Waals surface area contributed by atoms with Crippen LogP contribution in [0.5, 0.6) is 0 Å². The number of hydrogen-bond acceptors (Lipinski definition) is 3. The van der Waals surface area contributed by atoms with Gasteiger partial charge >= 0.3 is 6.09 Å². The predicted molar refractivity (Wildman–Crippen MR) is 99.2 cm³/mol.